The van der Waals surface area contributed by atoms with Crippen molar-refractivity contribution >= 4 is 39.7 Å². The Balaban J connectivity index is 0.00000156. The van der Waals surface area contributed by atoms with Crippen molar-refractivity contribution < 1.29 is 4.79 Å². The van der Waals surface area contributed by atoms with Gasteiger partial charge in [0.15, 0.2) is 0 Å². The molecule has 3 aliphatic rings. The molecule has 0 radical (unpaired) electrons. The van der Waals surface area contributed by atoms with Crippen molar-refractivity contribution in [2.45, 2.75) is 38.3 Å². The summed E-state index contributed by atoms with van der Waals surface area (Å²) >= 11 is 1.71. The zero-order chi connectivity index (χ0) is 15.3. The maximum atomic E-state index is 12.7. The van der Waals surface area contributed by atoms with Gasteiger partial charge < -0.3 is 5.32 Å². The second kappa shape index (κ2) is 6.08. The highest BCUT2D eigenvalue weighted by Gasteiger charge is 2.48. The summed E-state index contributed by atoms with van der Waals surface area (Å²) in [7, 11) is 0. The molecular weight excluding hydrogens is 328 g/mol. The van der Waals surface area contributed by atoms with E-state index in [0.717, 1.165) is 10.9 Å². The molecule has 3 fully saturated rings. The van der Waals surface area contributed by atoms with Gasteiger partial charge in [0.2, 0.25) is 0 Å². The van der Waals surface area contributed by atoms with E-state index in [1.54, 1.807) is 11.3 Å². The first-order valence-electron chi connectivity index (χ1n) is 8.09. The SMILES string of the molecule is CC1(C)[C@H](NC(=O)c2ccc3sccc3c2)C2CCN1CC2.Cl. The van der Waals surface area contributed by atoms with Gasteiger partial charge in [-0.3, -0.25) is 9.69 Å². The van der Waals surface area contributed by atoms with Crippen LogP contribution in [0.25, 0.3) is 10.1 Å². The standard InChI is InChI=1S/C18H22N2OS.ClH/c1-18(2)16(12-5-8-20(18)9-6-12)19-17(21)14-3-4-15-13(11-14)7-10-22-15;/h3-4,7,10-12,16H,5-6,8-9H2,1-2H3,(H,19,21);1H/t16-;/m1./s1. The van der Waals surface area contributed by atoms with Gasteiger partial charge in [-0.25, -0.2) is 0 Å². The van der Waals surface area contributed by atoms with E-state index in [-0.39, 0.29) is 29.9 Å². The maximum absolute atomic E-state index is 12.7. The molecule has 1 atom stereocenters. The van der Waals surface area contributed by atoms with E-state index in [9.17, 15) is 4.79 Å². The molecule has 1 N–H and O–H groups in total. The summed E-state index contributed by atoms with van der Waals surface area (Å²) in [6.07, 6.45) is 2.41. The van der Waals surface area contributed by atoms with Crippen LogP contribution in [0.5, 0.6) is 0 Å². The van der Waals surface area contributed by atoms with Crippen LogP contribution in [0.4, 0.5) is 0 Å². The minimum Gasteiger partial charge on any atom is -0.347 e. The average Bonchev–Trinajstić information content (AvgIpc) is 2.98. The fourth-order valence-electron chi connectivity index (χ4n) is 4.21. The average molecular weight is 351 g/mol. The van der Waals surface area contributed by atoms with Crippen molar-refractivity contribution in [1.82, 2.24) is 10.2 Å². The van der Waals surface area contributed by atoms with Crippen LogP contribution in [0.3, 0.4) is 0 Å². The van der Waals surface area contributed by atoms with Gasteiger partial charge in [-0.05, 0) is 80.7 Å². The molecule has 5 heteroatoms. The minimum absolute atomic E-state index is 0. The molecule has 0 aliphatic carbocycles. The van der Waals surface area contributed by atoms with Gasteiger partial charge >= 0.3 is 0 Å². The van der Waals surface area contributed by atoms with Gasteiger partial charge in [-0.1, -0.05) is 0 Å². The molecule has 23 heavy (non-hydrogen) atoms. The Morgan fingerprint density at radius 2 is 2.00 bits per heavy atom. The van der Waals surface area contributed by atoms with Crippen LogP contribution in [-0.2, 0) is 0 Å². The van der Waals surface area contributed by atoms with Gasteiger partial charge in [0.25, 0.3) is 5.91 Å². The largest absolute Gasteiger partial charge is 0.347 e. The molecule has 124 valence electrons. The number of amides is 1. The molecule has 1 aromatic carbocycles. The Morgan fingerprint density at radius 3 is 2.70 bits per heavy atom. The van der Waals surface area contributed by atoms with Crippen LogP contribution < -0.4 is 5.32 Å². The highest BCUT2D eigenvalue weighted by Crippen LogP contribution is 2.39. The lowest BCUT2D eigenvalue weighted by Gasteiger charge is -2.56. The monoisotopic (exact) mass is 350 g/mol. The number of nitrogens with zero attached hydrogens (tertiary/aromatic N) is 1. The van der Waals surface area contributed by atoms with Crippen molar-refractivity contribution in [1.29, 1.82) is 0 Å². The number of hydrogen-bond donors (Lipinski definition) is 1. The summed E-state index contributed by atoms with van der Waals surface area (Å²) in [6, 6.07) is 8.34. The molecule has 2 aromatic rings. The van der Waals surface area contributed by atoms with Crippen LogP contribution >= 0.6 is 23.7 Å². The molecule has 4 heterocycles. The van der Waals surface area contributed by atoms with Gasteiger partial charge in [-0.2, -0.15) is 0 Å². The number of rotatable bonds is 2. The molecule has 3 aliphatic heterocycles. The fraction of sp³-hybridized carbons (Fsp3) is 0.500. The molecule has 1 aromatic heterocycles. The first-order valence-corrected chi connectivity index (χ1v) is 8.97. The number of nitrogens with one attached hydrogen (secondary N) is 1. The van der Waals surface area contributed by atoms with Crippen LogP contribution in [0.2, 0.25) is 0 Å². The normalized spacial score (nSPS) is 28.3. The third kappa shape index (κ3) is 2.77. The first-order chi connectivity index (χ1) is 10.6. The summed E-state index contributed by atoms with van der Waals surface area (Å²) in [6.45, 7) is 6.88. The van der Waals surface area contributed by atoms with E-state index < -0.39 is 0 Å². The molecule has 3 nitrogen and oxygen atoms in total. The van der Waals surface area contributed by atoms with Crippen LogP contribution in [0.15, 0.2) is 29.6 Å². The van der Waals surface area contributed by atoms with E-state index in [0.29, 0.717) is 5.92 Å². The van der Waals surface area contributed by atoms with Crippen LogP contribution in [0, 0.1) is 5.92 Å². The number of carbonyl (C=O) groups excluding carboxylic acids is 1. The lowest BCUT2D eigenvalue weighted by Crippen LogP contribution is -2.69. The third-order valence-electron chi connectivity index (χ3n) is 5.59. The molecule has 1 amide bonds. The van der Waals surface area contributed by atoms with E-state index >= 15 is 0 Å². The summed E-state index contributed by atoms with van der Waals surface area (Å²) < 4.78 is 1.24. The van der Waals surface area contributed by atoms with Crippen molar-refractivity contribution in [2.24, 2.45) is 5.92 Å². The first kappa shape index (κ1) is 16.7. The number of carbonyl (C=O) groups is 1. The number of thiophene rings is 1. The van der Waals surface area contributed by atoms with Gasteiger partial charge in [-0.15, -0.1) is 23.7 Å². The zero-order valence-corrected chi connectivity index (χ0v) is 15.2. The molecule has 0 unspecified atom stereocenters. The summed E-state index contributed by atoms with van der Waals surface area (Å²) in [5.74, 6) is 0.689. The van der Waals surface area contributed by atoms with E-state index in [2.05, 4.69) is 41.6 Å². The molecule has 5 rings (SSSR count). The molecular formula is C18H23ClN2OS. The van der Waals surface area contributed by atoms with Crippen molar-refractivity contribution in [3.05, 3.63) is 35.2 Å². The van der Waals surface area contributed by atoms with Crippen molar-refractivity contribution in [2.75, 3.05) is 13.1 Å². The second-order valence-electron chi connectivity index (χ2n) is 7.10. The Morgan fingerprint density at radius 1 is 1.26 bits per heavy atom. The molecule has 2 bridgehead atoms. The predicted octanol–water partition coefficient (Wildman–Crippen LogP) is 3.93. The highest BCUT2D eigenvalue weighted by molar-refractivity contribution is 7.17. The third-order valence-corrected chi connectivity index (χ3v) is 6.49. The Bertz CT molecular complexity index is 719. The summed E-state index contributed by atoms with van der Waals surface area (Å²) in [5.41, 5.74) is 0.835. The predicted molar refractivity (Wildman–Crippen MR) is 98.7 cm³/mol. The zero-order valence-electron chi connectivity index (χ0n) is 13.5. The summed E-state index contributed by atoms with van der Waals surface area (Å²) in [4.78, 5) is 15.2. The number of benzene rings is 1. The van der Waals surface area contributed by atoms with Gasteiger partial charge in [0.05, 0.1) is 0 Å². The topological polar surface area (TPSA) is 32.3 Å². The minimum atomic E-state index is 0. The lowest BCUT2D eigenvalue weighted by atomic mass is 9.72. The van der Waals surface area contributed by atoms with Crippen LogP contribution in [-0.4, -0.2) is 35.5 Å². The van der Waals surface area contributed by atoms with Gasteiger partial charge in [0, 0.05) is 21.8 Å². The van der Waals surface area contributed by atoms with E-state index in [1.165, 1.54) is 30.6 Å². The van der Waals surface area contributed by atoms with E-state index in [1.807, 2.05) is 12.1 Å². The van der Waals surface area contributed by atoms with Crippen molar-refractivity contribution in [3.63, 3.8) is 0 Å². The van der Waals surface area contributed by atoms with Gasteiger partial charge in [0.1, 0.15) is 0 Å². The molecule has 3 saturated heterocycles. The molecule has 0 saturated carbocycles. The highest BCUT2D eigenvalue weighted by atomic mass is 35.5. The Kier molecular flexibility index (Phi) is 4.43. The smallest absolute Gasteiger partial charge is 0.251 e. The Labute approximate surface area is 147 Å². The second-order valence-corrected chi connectivity index (χ2v) is 8.05. The summed E-state index contributed by atoms with van der Waals surface area (Å²) in [5, 5.41) is 6.57. The number of piperidine rings is 3. The number of halogens is 1. The molecule has 0 spiro atoms. The quantitative estimate of drug-likeness (QED) is 0.890. The van der Waals surface area contributed by atoms with E-state index in [4.69, 9.17) is 0 Å². The fourth-order valence-corrected chi connectivity index (χ4v) is 4.98. The van der Waals surface area contributed by atoms with Crippen molar-refractivity contribution in [3.8, 4) is 0 Å². The Hall–Kier alpha value is -1.10. The lowest BCUT2D eigenvalue weighted by molar-refractivity contribution is -0.0378. The number of fused-ring (bicyclic) bond motifs is 4. The van der Waals surface area contributed by atoms with Crippen LogP contribution in [0.1, 0.15) is 37.0 Å². The number of hydrogen-bond acceptors (Lipinski definition) is 3. The maximum Gasteiger partial charge on any atom is 0.251 e.